The van der Waals surface area contributed by atoms with Crippen LogP contribution in [0.3, 0.4) is 0 Å². The summed E-state index contributed by atoms with van der Waals surface area (Å²) < 4.78 is 0. The number of thiazole rings is 1. The lowest BCUT2D eigenvalue weighted by molar-refractivity contribution is -0.117. The molecule has 0 unspecified atom stereocenters. The predicted octanol–water partition coefficient (Wildman–Crippen LogP) is 2.94. The van der Waals surface area contributed by atoms with Crippen molar-refractivity contribution in [2.75, 3.05) is 5.32 Å². The van der Waals surface area contributed by atoms with E-state index in [0.29, 0.717) is 15.8 Å². The molecule has 2 rings (SSSR count). The van der Waals surface area contributed by atoms with Crippen molar-refractivity contribution in [1.29, 1.82) is 0 Å². The average Bonchev–Trinajstić information content (AvgIpc) is 2.87. The number of carbonyl (C=O) groups is 2. The highest BCUT2D eigenvalue weighted by Gasteiger charge is 2.16. The molecule has 116 valence electrons. The second-order valence-electron chi connectivity index (χ2n) is 4.49. The largest absolute Gasteiger partial charge is 0.369 e. The fourth-order valence-electron chi connectivity index (χ4n) is 1.60. The van der Waals surface area contributed by atoms with E-state index in [1.807, 2.05) is 19.1 Å². The zero-order valence-corrected chi connectivity index (χ0v) is 14.1. The number of nitrogens with two attached hydrogens (primary N) is 1. The first-order valence-corrected chi connectivity index (χ1v) is 8.53. The van der Waals surface area contributed by atoms with Crippen molar-refractivity contribution in [3.8, 4) is 0 Å². The summed E-state index contributed by atoms with van der Waals surface area (Å²) >= 11 is 8.53. The summed E-state index contributed by atoms with van der Waals surface area (Å²) in [7, 11) is 0. The Morgan fingerprint density at radius 2 is 2.09 bits per heavy atom. The molecule has 1 heterocycles. The molecule has 0 fully saturated rings. The van der Waals surface area contributed by atoms with Crippen molar-refractivity contribution in [3.63, 3.8) is 0 Å². The van der Waals surface area contributed by atoms with E-state index in [4.69, 9.17) is 17.3 Å². The highest BCUT2D eigenvalue weighted by molar-refractivity contribution is 8.00. The van der Waals surface area contributed by atoms with Crippen LogP contribution < -0.4 is 11.1 Å². The summed E-state index contributed by atoms with van der Waals surface area (Å²) in [5.74, 6) is -0.602. The van der Waals surface area contributed by atoms with Crippen LogP contribution in [0.25, 0.3) is 0 Å². The van der Waals surface area contributed by atoms with E-state index in [1.165, 1.54) is 23.1 Å². The Kier molecular flexibility index (Phi) is 5.82. The van der Waals surface area contributed by atoms with Gasteiger partial charge < -0.3 is 11.1 Å². The molecule has 0 aliphatic rings. The minimum Gasteiger partial charge on any atom is -0.369 e. The van der Waals surface area contributed by atoms with Gasteiger partial charge in [-0.25, -0.2) is 4.98 Å². The molecule has 1 atom stereocenters. The molecule has 0 saturated heterocycles. The minimum absolute atomic E-state index is 0.0709. The number of nitrogens with one attached hydrogen (secondary N) is 1. The first kappa shape index (κ1) is 16.8. The lowest BCUT2D eigenvalue weighted by Crippen LogP contribution is -2.22. The van der Waals surface area contributed by atoms with Gasteiger partial charge in [0.1, 0.15) is 0 Å². The molecule has 5 nitrogen and oxygen atoms in total. The molecule has 0 saturated carbocycles. The van der Waals surface area contributed by atoms with Crippen molar-refractivity contribution in [3.05, 3.63) is 40.4 Å². The van der Waals surface area contributed by atoms with E-state index in [1.54, 1.807) is 17.5 Å². The Morgan fingerprint density at radius 3 is 2.73 bits per heavy atom. The Bertz CT molecular complexity index is 673. The topological polar surface area (TPSA) is 85.1 Å². The quantitative estimate of drug-likeness (QED) is 0.780. The monoisotopic (exact) mass is 355 g/mol. The van der Waals surface area contributed by atoms with E-state index >= 15 is 0 Å². The fourth-order valence-corrected chi connectivity index (χ4v) is 3.31. The van der Waals surface area contributed by atoms with Crippen molar-refractivity contribution in [1.82, 2.24) is 4.98 Å². The fraction of sp³-hybridized carbons (Fsp3) is 0.214. The van der Waals surface area contributed by atoms with Gasteiger partial charge in [-0.1, -0.05) is 11.6 Å². The summed E-state index contributed by atoms with van der Waals surface area (Å²) in [6.45, 7) is 1.81. The summed E-state index contributed by atoms with van der Waals surface area (Å²) in [4.78, 5) is 28.1. The lowest BCUT2D eigenvalue weighted by atomic mass is 10.3. The first-order valence-electron chi connectivity index (χ1n) is 6.40. The van der Waals surface area contributed by atoms with Crippen LogP contribution in [0.5, 0.6) is 0 Å². The molecule has 0 aliphatic heterocycles. The van der Waals surface area contributed by atoms with Crippen molar-refractivity contribution < 1.29 is 9.59 Å². The van der Waals surface area contributed by atoms with E-state index < -0.39 is 5.91 Å². The van der Waals surface area contributed by atoms with Crippen LogP contribution >= 0.6 is 34.7 Å². The number of carbonyl (C=O) groups excluding carboxylic acids is 2. The number of primary amides is 1. The number of hydrogen-bond donors (Lipinski definition) is 2. The molecule has 0 spiro atoms. The lowest BCUT2D eigenvalue weighted by Gasteiger charge is -2.10. The molecule has 1 aromatic carbocycles. The maximum absolute atomic E-state index is 12.1. The van der Waals surface area contributed by atoms with Crippen molar-refractivity contribution in [2.45, 2.75) is 23.5 Å². The molecule has 2 amide bonds. The SMILES string of the molecule is C[C@H](Sc1ccc(Cl)cc1)C(=O)Nc1nc(CC(N)=O)cs1. The van der Waals surface area contributed by atoms with E-state index in [9.17, 15) is 9.59 Å². The maximum Gasteiger partial charge on any atom is 0.239 e. The van der Waals surface area contributed by atoms with Gasteiger partial charge in [-0.2, -0.15) is 0 Å². The van der Waals surface area contributed by atoms with E-state index in [0.717, 1.165) is 4.90 Å². The number of halogens is 1. The van der Waals surface area contributed by atoms with Crippen LogP contribution in [0.4, 0.5) is 5.13 Å². The van der Waals surface area contributed by atoms with Gasteiger partial charge in [0.25, 0.3) is 0 Å². The van der Waals surface area contributed by atoms with Gasteiger partial charge in [-0.15, -0.1) is 23.1 Å². The summed E-state index contributed by atoms with van der Waals surface area (Å²) in [5, 5.41) is 5.28. The third kappa shape index (κ3) is 5.01. The molecule has 1 aromatic heterocycles. The highest BCUT2D eigenvalue weighted by atomic mass is 35.5. The predicted molar refractivity (Wildman–Crippen MR) is 90.4 cm³/mol. The zero-order chi connectivity index (χ0) is 16.1. The molecule has 0 bridgehead atoms. The Labute approximate surface area is 141 Å². The van der Waals surface area contributed by atoms with E-state index in [2.05, 4.69) is 10.3 Å². The summed E-state index contributed by atoms with van der Waals surface area (Å²) in [6, 6.07) is 7.30. The van der Waals surface area contributed by atoms with Crippen LogP contribution in [0.2, 0.25) is 5.02 Å². The zero-order valence-electron chi connectivity index (χ0n) is 11.7. The Morgan fingerprint density at radius 1 is 1.41 bits per heavy atom. The van der Waals surface area contributed by atoms with Crippen LogP contribution in [0.15, 0.2) is 34.5 Å². The third-order valence-electron chi connectivity index (χ3n) is 2.63. The molecule has 8 heteroatoms. The van der Waals surface area contributed by atoms with Gasteiger partial charge in [-0.05, 0) is 31.2 Å². The normalized spacial score (nSPS) is 11.9. The number of aromatic nitrogens is 1. The Hall–Kier alpha value is -1.57. The first-order chi connectivity index (χ1) is 10.4. The Balaban J connectivity index is 1.92. The minimum atomic E-state index is -0.449. The number of amides is 2. The molecule has 0 aliphatic carbocycles. The highest BCUT2D eigenvalue weighted by Crippen LogP contribution is 2.26. The standard InChI is InChI=1S/C14H14ClN3O2S2/c1-8(22-11-4-2-9(15)3-5-11)13(20)18-14-17-10(7-21-14)6-12(16)19/h2-5,7-8H,6H2,1H3,(H2,16,19)(H,17,18,20)/t8-/m0/s1. The number of anilines is 1. The van der Waals surface area contributed by atoms with Crippen LogP contribution in [-0.2, 0) is 16.0 Å². The number of benzene rings is 1. The molecular weight excluding hydrogens is 342 g/mol. The van der Waals surface area contributed by atoms with E-state index in [-0.39, 0.29) is 17.6 Å². The van der Waals surface area contributed by atoms with Gasteiger partial charge >= 0.3 is 0 Å². The number of nitrogens with zero attached hydrogens (tertiary/aromatic N) is 1. The second-order valence-corrected chi connectivity index (χ2v) is 7.20. The van der Waals surface area contributed by atoms with Gasteiger partial charge in [0.2, 0.25) is 11.8 Å². The van der Waals surface area contributed by atoms with Crippen LogP contribution in [-0.4, -0.2) is 22.0 Å². The molecule has 3 N–H and O–H groups in total. The van der Waals surface area contributed by atoms with Gasteiger partial charge in [0, 0.05) is 15.3 Å². The maximum atomic E-state index is 12.1. The average molecular weight is 356 g/mol. The molecular formula is C14H14ClN3O2S2. The summed E-state index contributed by atoms with van der Waals surface area (Å²) in [5.41, 5.74) is 5.67. The molecule has 22 heavy (non-hydrogen) atoms. The van der Waals surface area contributed by atoms with Crippen molar-refractivity contribution in [2.24, 2.45) is 5.73 Å². The van der Waals surface area contributed by atoms with Gasteiger partial charge in [0.15, 0.2) is 5.13 Å². The van der Waals surface area contributed by atoms with Gasteiger partial charge in [0.05, 0.1) is 17.4 Å². The smallest absolute Gasteiger partial charge is 0.239 e. The second kappa shape index (κ2) is 7.62. The van der Waals surface area contributed by atoms with Crippen LogP contribution in [0.1, 0.15) is 12.6 Å². The van der Waals surface area contributed by atoms with Gasteiger partial charge in [-0.3, -0.25) is 9.59 Å². The van der Waals surface area contributed by atoms with Crippen molar-refractivity contribution >= 4 is 51.6 Å². The number of hydrogen-bond acceptors (Lipinski definition) is 5. The molecule has 2 aromatic rings. The number of rotatable bonds is 6. The molecule has 0 radical (unpaired) electrons. The summed E-state index contributed by atoms with van der Waals surface area (Å²) in [6.07, 6.45) is 0.0709. The van der Waals surface area contributed by atoms with Crippen LogP contribution in [0, 0.1) is 0 Å². The number of thioether (sulfide) groups is 1. The third-order valence-corrected chi connectivity index (χ3v) is 4.80.